The van der Waals surface area contributed by atoms with E-state index in [4.69, 9.17) is 0 Å². The summed E-state index contributed by atoms with van der Waals surface area (Å²) in [5.74, 6) is 0.213. The fraction of sp³-hybridized carbons (Fsp3) is 0.250. The molecular weight excluding hydrogens is 160 g/mol. The standard InChI is InChI=1S/C12H14O/c1-10(8-11(2)13)9-12-6-4-3-5-7-12/h3-7,9H,8H2,1-2H3. The lowest BCUT2D eigenvalue weighted by atomic mass is 10.1. The van der Waals surface area contributed by atoms with Crippen LogP contribution in [0.5, 0.6) is 0 Å². The SMILES string of the molecule is CC(=O)CC(C)=Cc1ccccc1. The van der Waals surface area contributed by atoms with Gasteiger partial charge in [-0.25, -0.2) is 0 Å². The predicted molar refractivity (Wildman–Crippen MR) is 55.4 cm³/mol. The van der Waals surface area contributed by atoms with Gasteiger partial charge in [-0.1, -0.05) is 42.0 Å². The van der Waals surface area contributed by atoms with Gasteiger partial charge in [0.05, 0.1) is 0 Å². The molecule has 0 radical (unpaired) electrons. The summed E-state index contributed by atoms with van der Waals surface area (Å²) in [5, 5.41) is 0. The van der Waals surface area contributed by atoms with Crippen LogP contribution in [0.3, 0.4) is 0 Å². The molecule has 0 aromatic heterocycles. The van der Waals surface area contributed by atoms with Crippen molar-refractivity contribution >= 4 is 11.9 Å². The van der Waals surface area contributed by atoms with Crippen LogP contribution in [0, 0.1) is 0 Å². The molecule has 0 aliphatic rings. The van der Waals surface area contributed by atoms with Gasteiger partial charge >= 0.3 is 0 Å². The van der Waals surface area contributed by atoms with Crippen LogP contribution in [0.15, 0.2) is 35.9 Å². The van der Waals surface area contributed by atoms with Crippen LogP contribution in [0.4, 0.5) is 0 Å². The average Bonchev–Trinajstić information content (AvgIpc) is 2.04. The second-order valence-electron chi connectivity index (χ2n) is 3.28. The van der Waals surface area contributed by atoms with Crippen molar-refractivity contribution in [1.29, 1.82) is 0 Å². The summed E-state index contributed by atoms with van der Waals surface area (Å²) in [4.78, 5) is 10.8. The molecule has 0 N–H and O–H groups in total. The van der Waals surface area contributed by atoms with Gasteiger partial charge in [-0.3, -0.25) is 4.79 Å². The normalized spacial score (nSPS) is 11.4. The molecule has 0 fully saturated rings. The van der Waals surface area contributed by atoms with Gasteiger partial charge < -0.3 is 0 Å². The van der Waals surface area contributed by atoms with E-state index in [-0.39, 0.29) is 5.78 Å². The number of hydrogen-bond donors (Lipinski definition) is 0. The van der Waals surface area contributed by atoms with Gasteiger partial charge in [0.25, 0.3) is 0 Å². The fourth-order valence-corrected chi connectivity index (χ4v) is 1.28. The van der Waals surface area contributed by atoms with E-state index < -0.39 is 0 Å². The van der Waals surface area contributed by atoms with Crippen molar-refractivity contribution in [3.05, 3.63) is 41.5 Å². The van der Waals surface area contributed by atoms with Crippen molar-refractivity contribution in [2.24, 2.45) is 0 Å². The zero-order valence-corrected chi connectivity index (χ0v) is 8.08. The van der Waals surface area contributed by atoms with Crippen LogP contribution in [0.25, 0.3) is 6.08 Å². The molecule has 68 valence electrons. The van der Waals surface area contributed by atoms with Gasteiger partial charge in [-0.2, -0.15) is 0 Å². The molecule has 0 bridgehead atoms. The van der Waals surface area contributed by atoms with Crippen molar-refractivity contribution in [3.8, 4) is 0 Å². The molecule has 0 atom stereocenters. The minimum absolute atomic E-state index is 0.213. The number of carbonyl (C=O) groups is 1. The molecule has 0 aliphatic heterocycles. The number of Topliss-reactive ketones (excluding diaryl/α,β-unsaturated/α-hetero) is 1. The number of rotatable bonds is 3. The lowest BCUT2D eigenvalue weighted by Crippen LogP contribution is -1.89. The van der Waals surface area contributed by atoms with Gasteiger partial charge in [0, 0.05) is 6.42 Å². The lowest BCUT2D eigenvalue weighted by Gasteiger charge is -1.97. The number of benzene rings is 1. The third-order valence-corrected chi connectivity index (χ3v) is 1.74. The molecule has 0 heterocycles. The lowest BCUT2D eigenvalue weighted by molar-refractivity contribution is -0.116. The van der Waals surface area contributed by atoms with E-state index in [0.717, 1.165) is 11.1 Å². The molecular formula is C12H14O. The molecule has 0 saturated heterocycles. The van der Waals surface area contributed by atoms with Crippen molar-refractivity contribution in [1.82, 2.24) is 0 Å². The van der Waals surface area contributed by atoms with Crippen molar-refractivity contribution in [2.45, 2.75) is 20.3 Å². The largest absolute Gasteiger partial charge is 0.300 e. The van der Waals surface area contributed by atoms with Gasteiger partial charge in [0.2, 0.25) is 0 Å². The third kappa shape index (κ3) is 3.70. The summed E-state index contributed by atoms with van der Waals surface area (Å²) in [6.07, 6.45) is 2.59. The molecule has 1 aromatic rings. The van der Waals surface area contributed by atoms with Crippen LogP contribution < -0.4 is 0 Å². The van der Waals surface area contributed by atoms with Gasteiger partial charge in [-0.05, 0) is 19.4 Å². The molecule has 1 heteroatoms. The second kappa shape index (κ2) is 4.61. The zero-order valence-electron chi connectivity index (χ0n) is 8.08. The quantitative estimate of drug-likeness (QED) is 0.688. The molecule has 1 nitrogen and oxygen atoms in total. The van der Waals surface area contributed by atoms with Crippen LogP contribution >= 0.6 is 0 Å². The van der Waals surface area contributed by atoms with Gasteiger partial charge in [0.15, 0.2) is 0 Å². The maximum Gasteiger partial charge on any atom is 0.133 e. The molecule has 0 amide bonds. The predicted octanol–water partition coefficient (Wildman–Crippen LogP) is 3.07. The first-order chi connectivity index (χ1) is 6.18. The molecule has 0 saturated carbocycles. The average molecular weight is 174 g/mol. The Labute approximate surface area is 79.1 Å². The van der Waals surface area contributed by atoms with E-state index in [2.05, 4.69) is 0 Å². The topological polar surface area (TPSA) is 17.1 Å². The molecule has 1 rings (SSSR count). The van der Waals surface area contributed by atoms with Gasteiger partial charge in [-0.15, -0.1) is 0 Å². The van der Waals surface area contributed by atoms with E-state index in [1.807, 2.05) is 43.3 Å². The van der Waals surface area contributed by atoms with Crippen molar-refractivity contribution < 1.29 is 4.79 Å². The number of ketones is 1. The Morgan fingerprint density at radius 3 is 2.38 bits per heavy atom. The van der Waals surface area contributed by atoms with Crippen LogP contribution in [-0.4, -0.2) is 5.78 Å². The Kier molecular flexibility index (Phi) is 3.44. The highest BCUT2D eigenvalue weighted by atomic mass is 16.1. The molecule has 13 heavy (non-hydrogen) atoms. The fourth-order valence-electron chi connectivity index (χ4n) is 1.28. The minimum atomic E-state index is 0.213. The summed E-state index contributed by atoms with van der Waals surface area (Å²) in [6, 6.07) is 10.0. The first-order valence-electron chi connectivity index (χ1n) is 4.40. The Morgan fingerprint density at radius 2 is 1.85 bits per heavy atom. The molecule has 0 spiro atoms. The van der Waals surface area contributed by atoms with E-state index in [0.29, 0.717) is 6.42 Å². The van der Waals surface area contributed by atoms with Crippen LogP contribution in [0.1, 0.15) is 25.8 Å². The summed E-state index contributed by atoms with van der Waals surface area (Å²) in [7, 11) is 0. The highest BCUT2D eigenvalue weighted by Crippen LogP contribution is 2.08. The third-order valence-electron chi connectivity index (χ3n) is 1.74. The van der Waals surface area contributed by atoms with E-state index >= 15 is 0 Å². The monoisotopic (exact) mass is 174 g/mol. The first kappa shape index (κ1) is 9.72. The zero-order chi connectivity index (χ0) is 9.68. The van der Waals surface area contributed by atoms with Gasteiger partial charge in [0.1, 0.15) is 5.78 Å². The van der Waals surface area contributed by atoms with Crippen LogP contribution in [0.2, 0.25) is 0 Å². The van der Waals surface area contributed by atoms with E-state index in [1.54, 1.807) is 6.92 Å². The first-order valence-corrected chi connectivity index (χ1v) is 4.40. The molecule has 1 aromatic carbocycles. The summed E-state index contributed by atoms with van der Waals surface area (Å²) in [6.45, 7) is 3.59. The van der Waals surface area contributed by atoms with Crippen LogP contribution in [-0.2, 0) is 4.79 Å². The number of allylic oxidation sites excluding steroid dienone is 1. The number of carbonyl (C=O) groups excluding carboxylic acids is 1. The summed E-state index contributed by atoms with van der Waals surface area (Å²) < 4.78 is 0. The number of hydrogen-bond acceptors (Lipinski definition) is 1. The molecule has 0 aliphatic carbocycles. The van der Waals surface area contributed by atoms with E-state index in [9.17, 15) is 4.79 Å². The Hall–Kier alpha value is -1.37. The van der Waals surface area contributed by atoms with Crippen molar-refractivity contribution in [3.63, 3.8) is 0 Å². The summed E-state index contributed by atoms with van der Waals surface area (Å²) in [5.41, 5.74) is 2.26. The van der Waals surface area contributed by atoms with Crippen molar-refractivity contribution in [2.75, 3.05) is 0 Å². The van der Waals surface area contributed by atoms with E-state index in [1.165, 1.54) is 0 Å². The maximum absolute atomic E-state index is 10.8. The second-order valence-corrected chi connectivity index (χ2v) is 3.28. The maximum atomic E-state index is 10.8. The highest BCUT2D eigenvalue weighted by Gasteiger charge is 1.94. The highest BCUT2D eigenvalue weighted by molar-refractivity contribution is 5.79. The smallest absolute Gasteiger partial charge is 0.133 e. The Morgan fingerprint density at radius 1 is 1.23 bits per heavy atom. The Bertz CT molecular complexity index is 309. The Balaban J connectivity index is 2.71. The minimum Gasteiger partial charge on any atom is -0.300 e. The molecule has 0 unspecified atom stereocenters. The summed E-state index contributed by atoms with van der Waals surface area (Å²) >= 11 is 0.